The highest BCUT2D eigenvalue weighted by Gasteiger charge is 2.18. The maximum atomic E-state index is 13.9. The van der Waals surface area contributed by atoms with E-state index in [1.165, 1.54) is 22.7 Å². The molecule has 5 nitrogen and oxygen atoms in total. The smallest absolute Gasteiger partial charge is 0.233 e. The van der Waals surface area contributed by atoms with Crippen LogP contribution in [0.25, 0.3) is 10.7 Å². The van der Waals surface area contributed by atoms with E-state index in [1.807, 2.05) is 29.0 Å². The fraction of sp³-hybridized carbons (Fsp3) is 0.278. The lowest BCUT2D eigenvalue weighted by Gasteiger charge is -2.18. The number of carbonyl (C=O) groups is 1. The summed E-state index contributed by atoms with van der Waals surface area (Å²) in [6.45, 7) is 2.84. The number of carbonyl (C=O) groups excluding carboxylic acids is 1. The minimum absolute atomic E-state index is 0.117. The highest BCUT2D eigenvalue weighted by atomic mass is 35.5. The Hall–Kier alpha value is -1.90. The fourth-order valence-corrected chi connectivity index (χ4v) is 4.40. The minimum Gasteiger partial charge on any atom is -0.341 e. The second-order valence-electron chi connectivity index (χ2n) is 5.77. The van der Waals surface area contributed by atoms with Gasteiger partial charge in [-0.2, -0.15) is 0 Å². The minimum atomic E-state index is -0.416. The molecule has 1 aromatic carbocycles. The van der Waals surface area contributed by atoms with Gasteiger partial charge in [0.25, 0.3) is 0 Å². The molecule has 2 aromatic heterocycles. The average molecular weight is 425 g/mol. The number of aromatic nitrogens is 3. The SMILES string of the molecule is CCn1c(SCC(=O)N(C)Cc2c(F)cccc2Cl)nnc1-c1cccs1. The Morgan fingerprint density at radius 3 is 2.81 bits per heavy atom. The van der Waals surface area contributed by atoms with E-state index in [4.69, 9.17) is 11.6 Å². The zero-order chi connectivity index (χ0) is 19.4. The summed E-state index contributed by atoms with van der Waals surface area (Å²) < 4.78 is 15.9. The van der Waals surface area contributed by atoms with Crippen molar-refractivity contribution in [3.8, 4) is 10.7 Å². The van der Waals surface area contributed by atoms with E-state index in [-0.39, 0.29) is 18.2 Å². The zero-order valence-electron chi connectivity index (χ0n) is 14.9. The molecule has 0 radical (unpaired) electrons. The molecule has 0 spiro atoms. The van der Waals surface area contributed by atoms with E-state index < -0.39 is 5.82 Å². The van der Waals surface area contributed by atoms with Gasteiger partial charge in [0.1, 0.15) is 5.82 Å². The van der Waals surface area contributed by atoms with Crippen LogP contribution in [-0.4, -0.2) is 38.4 Å². The van der Waals surface area contributed by atoms with Crippen molar-refractivity contribution in [1.29, 1.82) is 0 Å². The van der Waals surface area contributed by atoms with E-state index >= 15 is 0 Å². The first-order chi connectivity index (χ1) is 13.0. The summed E-state index contributed by atoms with van der Waals surface area (Å²) in [5.41, 5.74) is 0.316. The molecule has 0 bridgehead atoms. The van der Waals surface area contributed by atoms with Gasteiger partial charge in [-0.3, -0.25) is 4.79 Å². The molecule has 0 aliphatic carbocycles. The van der Waals surface area contributed by atoms with Crippen molar-refractivity contribution in [2.24, 2.45) is 0 Å². The highest BCUT2D eigenvalue weighted by molar-refractivity contribution is 7.99. The first kappa shape index (κ1) is 19.9. The van der Waals surface area contributed by atoms with E-state index in [9.17, 15) is 9.18 Å². The third-order valence-electron chi connectivity index (χ3n) is 3.98. The lowest BCUT2D eigenvalue weighted by atomic mass is 10.2. The van der Waals surface area contributed by atoms with Crippen LogP contribution in [0.3, 0.4) is 0 Å². The molecule has 2 heterocycles. The van der Waals surface area contributed by atoms with Gasteiger partial charge >= 0.3 is 0 Å². The van der Waals surface area contributed by atoms with Crippen LogP contribution >= 0.6 is 34.7 Å². The second-order valence-corrected chi connectivity index (χ2v) is 8.06. The first-order valence-electron chi connectivity index (χ1n) is 8.28. The van der Waals surface area contributed by atoms with E-state index in [1.54, 1.807) is 30.5 Å². The molecule has 0 aliphatic heterocycles. The number of benzene rings is 1. The van der Waals surface area contributed by atoms with Gasteiger partial charge in [-0.25, -0.2) is 4.39 Å². The van der Waals surface area contributed by atoms with Gasteiger partial charge in [0.2, 0.25) is 5.91 Å². The topological polar surface area (TPSA) is 51.0 Å². The van der Waals surface area contributed by atoms with Crippen molar-refractivity contribution in [3.63, 3.8) is 0 Å². The summed E-state index contributed by atoms with van der Waals surface area (Å²) in [7, 11) is 1.63. The predicted molar refractivity (Wildman–Crippen MR) is 108 cm³/mol. The molecule has 3 rings (SSSR count). The Bertz CT molecular complexity index is 909. The van der Waals surface area contributed by atoms with Gasteiger partial charge in [0.05, 0.1) is 10.6 Å². The van der Waals surface area contributed by atoms with Crippen molar-refractivity contribution >= 4 is 40.6 Å². The monoisotopic (exact) mass is 424 g/mol. The van der Waals surface area contributed by atoms with Gasteiger partial charge < -0.3 is 9.47 Å². The van der Waals surface area contributed by atoms with Crippen molar-refractivity contribution in [2.75, 3.05) is 12.8 Å². The summed E-state index contributed by atoms with van der Waals surface area (Å²) in [6, 6.07) is 8.45. The van der Waals surface area contributed by atoms with Crippen molar-refractivity contribution in [1.82, 2.24) is 19.7 Å². The normalized spacial score (nSPS) is 11.0. The lowest BCUT2D eigenvalue weighted by Crippen LogP contribution is -2.28. The molecular formula is C18H18ClFN4OS2. The molecule has 1 amide bonds. The zero-order valence-corrected chi connectivity index (χ0v) is 17.2. The molecule has 27 heavy (non-hydrogen) atoms. The van der Waals surface area contributed by atoms with E-state index in [0.29, 0.717) is 22.3 Å². The van der Waals surface area contributed by atoms with Crippen molar-refractivity contribution in [2.45, 2.75) is 25.2 Å². The molecule has 0 saturated heterocycles. The largest absolute Gasteiger partial charge is 0.341 e. The van der Waals surface area contributed by atoms with Gasteiger partial charge in [-0.05, 0) is 30.5 Å². The van der Waals surface area contributed by atoms with Gasteiger partial charge in [0, 0.05) is 30.7 Å². The predicted octanol–water partition coefficient (Wildman–Crippen LogP) is 4.57. The van der Waals surface area contributed by atoms with Crippen molar-refractivity contribution in [3.05, 3.63) is 52.1 Å². The molecule has 0 unspecified atom stereocenters. The third kappa shape index (κ3) is 4.51. The average Bonchev–Trinajstić information content (AvgIpc) is 3.31. The number of rotatable bonds is 7. The number of nitrogens with zero attached hydrogens (tertiary/aromatic N) is 4. The van der Waals surface area contributed by atoms with Crippen molar-refractivity contribution < 1.29 is 9.18 Å². The number of halogens is 2. The van der Waals surface area contributed by atoms with Crippen LogP contribution in [0, 0.1) is 5.82 Å². The summed E-state index contributed by atoms with van der Waals surface area (Å²) in [6.07, 6.45) is 0. The third-order valence-corrected chi connectivity index (χ3v) is 6.15. The summed E-state index contributed by atoms with van der Waals surface area (Å²) in [4.78, 5) is 15.0. The van der Waals surface area contributed by atoms with Crippen LogP contribution < -0.4 is 0 Å². The first-order valence-corrected chi connectivity index (χ1v) is 10.5. The molecular weight excluding hydrogens is 407 g/mol. The number of hydrogen-bond acceptors (Lipinski definition) is 5. The summed E-state index contributed by atoms with van der Waals surface area (Å²) >= 11 is 8.96. The van der Waals surface area contributed by atoms with Crippen LogP contribution in [-0.2, 0) is 17.9 Å². The summed E-state index contributed by atoms with van der Waals surface area (Å²) in [5, 5.41) is 11.5. The van der Waals surface area contributed by atoms with Crippen LogP contribution in [0.5, 0.6) is 0 Å². The van der Waals surface area contributed by atoms with Crippen LogP contribution in [0.2, 0.25) is 5.02 Å². The van der Waals surface area contributed by atoms with Gasteiger partial charge in [0.15, 0.2) is 11.0 Å². The molecule has 9 heteroatoms. The fourth-order valence-electron chi connectivity index (χ4n) is 2.51. The molecule has 0 atom stereocenters. The molecule has 3 aromatic rings. The number of amides is 1. The van der Waals surface area contributed by atoms with E-state index in [2.05, 4.69) is 10.2 Å². The lowest BCUT2D eigenvalue weighted by molar-refractivity contribution is -0.127. The van der Waals surface area contributed by atoms with Gasteiger partial charge in [-0.1, -0.05) is 35.5 Å². The Labute approximate surface area is 170 Å². The maximum absolute atomic E-state index is 13.9. The molecule has 142 valence electrons. The van der Waals surface area contributed by atoms with E-state index in [0.717, 1.165) is 10.7 Å². The highest BCUT2D eigenvalue weighted by Crippen LogP contribution is 2.27. The molecule has 0 aliphatic rings. The van der Waals surface area contributed by atoms with Crippen LogP contribution in [0.4, 0.5) is 4.39 Å². The number of hydrogen-bond donors (Lipinski definition) is 0. The van der Waals surface area contributed by atoms with Crippen LogP contribution in [0.15, 0.2) is 40.9 Å². The number of thioether (sulfide) groups is 1. The molecule has 0 N–H and O–H groups in total. The Balaban J connectivity index is 1.65. The molecule has 0 saturated carbocycles. The quantitative estimate of drug-likeness (QED) is 0.521. The standard InChI is InChI=1S/C18H18ClFN4OS2/c1-3-24-17(15-8-5-9-26-15)21-22-18(24)27-11-16(25)23(2)10-12-13(19)6-4-7-14(12)20/h4-9H,3,10-11H2,1-2H3. The molecule has 0 fully saturated rings. The van der Waals surface area contributed by atoms with Crippen LogP contribution in [0.1, 0.15) is 12.5 Å². The summed E-state index contributed by atoms with van der Waals surface area (Å²) in [5.74, 6) is 0.434. The number of thiophene rings is 1. The van der Waals surface area contributed by atoms with Gasteiger partial charge in [-0.15, -0.1) is 21.5 Å². The Kier molecular flexibility index (Phi) is 6.51. The Morgan fingerprint density at radius 2 is 2.15 bits per heavy atom. The second kappa shape index (κ2) is 8.86. The maximum Gasteiger partial charge on any atom is 0.233 e. The Morgan fingerprint density at radius 1 is 1.33 bits per heavy atom.